The van der Waals surface area contributed by atoms with E-state index in [0.717, 1.165) is 6.26 Å². The summed E-state index contributed by atoms with van der Waals surface area (Å²) in [5.74, 6) is 0. The fraction of sp³-hybridized carbons (Fsp3) is 0.643. The van der Waals surface area contributed by atoms with Crippen molar-refractivity contribution in [3.8, 4) is 0 Å². The first-order valence-corrected chi connectivity index (χ1v) is 10.5. The van der Waals surface area contributed by atoms with Gasteiger partial charge in [0.25, 0.3) is 5.56 Å². The summed E-state index contributed by atoms with van der Waals surface area (Å²) >= 11 is 6.01. The van der Waals surface area contributed by atoms with Crippen molar-refractivity contribution in [1.82, 2.24) is 25.1 Å². The third-order valence-electron chi connectivity index (χ3n) is 4.60. The highest BCUT2D eigenvalue weighted by Crippen LogP contribution is 2.24. The zero-order chi connectivity index (χ0) is 18.9. The molecule has 12 heteroatoms. The second-order valence-corrected chi connectivity index (χ2v) is 8.91. The van der Waals surface area contributed by atoms with Crippen LogP contribution in [0.1, 0.15) is 12.8 Å². The molecule has 3 rings (SSSR count). The van der Waals surface area contributed by atoms with E-state index >= 15 is 0 Å². The van der Waals surface area contributed by atoms with Crippen molar-refractivity contribution in [2.45, 2.75) is 24.9 Å². The van der Waals surface area contributed by atoms with Gasteiger partial charge < -0.3 is 15.5 Å². The Morgan fingerprint density at radius 1 is 1.27 bits per heavy atom. The number of H-pyrrole nitrogens is 1. The van der Waals surface area contributed by atoms with E-state index < -0.39 is 15.6 Å². The number of rotatable bonds is 4. The number of nitrogens with one attached hydrogen (secondary N) is 3. The maximum Gasteiger partial charge on any atom is 0.315 e. The minimum Gasteiger partial charge on any atom is -0.367 e. The van der Waals surface area contributed by atoms with Crippen molar-refractivity contribution in [3.05, 3.63) is 21.6 Å². The molecule has 144 valence electrons. The average Bonchev–Trinajstić information content (AvgIpc) is 3.19. The van der Waals surface area contributed by atoms with Crippen molar-refractivity contribution in [1.29, 1.82) is 0 Å². The lowest BCUT2D eigenvalue weighted by molar-refractivity contribution is 0.234. The highest BCUT2D eigenvalue weighted by Gasteiger charge is 2.31. The summed E-state index contributed by atoms with van der Waals surface area (Å²) in [6, 6.07) is -0.626. The molecule has 26 heavy (non-hydrogen) atoms. The SMILES string of the molecule is CS(=O)(=O)N1CCC(NC(=O)NC2CCN(c3cn[nH]c(=O)c3Cl)C2)C1. The zero-order valence-electron chi connectivity index (χ0n) is 14.2. The van der Waals surface area contributed by atoms with Crippen LogP contribution in [0.15, 0.2) is 11.0 Å². The van der Waals surface area contributed by atoms with Crippen LogP contribution in [-0.2, 0) is 10.0 Å². The van der Waals surface area contributed by atoms with E-state index in [1.165, 1.54) is 10.5 Å². The average molecular weight is 405 g/mol. The van der Waals surface area contributed by atoms with Gasteiger partial charge >= 0.3 is 6.03 Å². The van der Waals surface area contributed by atoms with Gasteiger partial charge in [0, 0.05) is 38.3 Å². The molecule has 0 aromatic carbocycles. The van der Waals surface area contributed by atoms with Crippen LogP contribution >= 0.6 is 11.6 Å². The molecule has 2 aliphatic rings. The van der Waals surface area contributed by atoms with Gasteiger partial charge in [-0.25, -0.2) is 22.6 Å². The van der Waals surface area contributed by atoms with Crippen LogP contribution in [0.3, 0.4) is 0 Å². The van der Waals surface area contributed by atoms with E-state index in [1.807, 2.05) is 4.90 Å². The van der Waals surface area contributed by atoms with Crippen molar-refractivity contribution >= 4 is 33.3 Å². The van der Waals surface area contributed by atoms with Crippen LogP contribution in [0.25, 0.3) is 0 Å². The third kappa shape index (κ3) is 4.27. The Balaban J connectivity index is 1.51. The molecular weight excluding hydrogens is 384 g/mol. The summed E-state index contributed by atoms with van der Waals surface area (Å²) < 4.78 is 24.4. The van der Waals surface area contributed by atoms with Gasteiger partial charge in [0.1, 0.15) is 5.02 Å². The van der Waals surface area contributed by atoms with E-state index in [2.05, 4.69) is 20.8 Å². The lowest BCUT2D eigenvalue weighted by Gasteiger charge is -2.20. The fourth-order valence-corrected chi connectivity index (χ4v) is 4.35. The first kappa shape index (κ1) is 18.9. The summed E-state index contributed by atoms with van der Waals surface area (Å²) in [7, 11) is -3.23. The van der Waals surface area contributed by atoms with E-state index in [0.29, 0.717) is 38.2 Å². The van der Waals surface area contributed by atoms with Gasteiger partial charge in [0.2, 0.25) is 10.0 Å². The molecule has 2 saturated heterocycles. The Morgan fingerprint density at radius 2 is 1.92 bits per heavy atom. The Labute approximate surface area is 155 Å². The minimum atomic E-state index is -3.23. The highest BCUT2D eigenvalue weighted by molar-refractivity contribution is 7.88. The van der Waals surface area contributed by atoms with Gasteiger partial charge in [-0.3, -0.25) is 4.79 Å². The number of carbonyl (C=O) groups is 1. The number of carbonyl (C=O) groups excluding carboxylic acids is 1. The van der Waals surface area contributed by atoms with Crippen molar-refractivity contribution in [2.24, 2.45) is 0 Å². The van der Waals surface area contributed by atoms with Crippen LogP contribution in [0.5, 0.6) is 0 Å². The molecule has 2 fully saturated rings. The number of urea groups is 1. The monoisotopic (exact) mass is 404 g/mol. The molecule has 0 radical (unpaired) electrons. The topological polar surface area (TPSA) is 128 Å². The number of aromatic nitrogens is 2. The van der Waals surface area contributed by atoms with Gasteiger partial charge in [0.15, 0.2) is 0 Å². The number of hydrogen-bond acceptors (Lipinski definition) is 6. The quantitative estimate of drug-likeness (QED) is 0.611. The summed E-state index contributed by atoms with van der Waals surface area (Å²) in [6.07, 6.45) is 3.95. The maximum atomic E-state index is 12.2. The molecule has 3 heterocycles. The molecule has 2 aliphatic heterocycles. The number of amides is 2. The standard InChI is InChI=1S/C14H21ClN6O4S/c1-26(24,25)21-5-3-10(8-21)18-14(23)17-9-2-4-20(7-9)11-6-16-19-13(22)12(11)15/h6,9-10H,2-5,7-8H2,1H3,(H,19,22)(H2,17,18,23). The van der Waals surface area contributed by atoms with Gasteiger partial charge in [-0.15, -0.1) is 0 Å². The molecule has 1 aromatic rings. The van der Waals surface area contributed by atoms with Gasteiger partial charge in [-0.05, 0) is 12.8 Å². The van der Waals surface area contributed by atoms with E-state index in [4.69, 9.17) is 11.6 Å². The van der Waals surface area contributed by atoms with Crippen LogP contribution < -0.4 is 21.1 Å². The minimum absolute atomic E-state index is 0.0805. The highest BCUT2D eigenvalue weighted by atomic mass is 35.5. The van der Waals surface area contributed by atoms with E-state index in [9.17, 15) is 18.0 Å². The first-order valence-electron chi connectivity index (χ1n) is 8.24. The predicted molar refractivity (Wildman–Crippen MR) is 97.0 cm³/mol. The largest absolute Gasteiger partial charge is 0.367 e. The van der Waals surface area contributed by atoms with Crippen molar-refractivity contribution < 1.29 is 13.2 Å². The Kier molecular flexibility index (Phi) is 5.39. The Bertz CT molecular complexity index is 844. The molecule has 3 N–H and O–H groups in total. The number of hydrogen-bond donors (Lipinski definition) is 3. The summed E-state index contributed by atoms with van der Waals surface area (Å²) in [5.41, 5.74) is 0.0923. The van der Waals surface area contributed by atoms with E-state index in [-0.39, 0.29) is 29.7 Å². The number of halogens is 1. The number of aromatic amines is 1. The molecule has 2 atom stereocenters. The van der Waals surface area contributed by atoms with Gasteiger partial charge in [-0.2, -0.15) is 5.10 Å². The molecule has 0 aliphatic carbocycles. The summed E-state index contributed by atoms with van der Waals surface area (Å²) in [4.78, 5) is 25.6. The summed E-state index contributed by atoms with van der Waals surface area (Å²) in [5, 5.41) is 11.8. The number of sulfonamides is 1. The summed E-state index contributed by atoms with van der Waals surface area (Å²) in [6.45, 7) is 1.85. The maximum absolute atomic E-state index is 12.2. The lowest BCUT2D eigenvalue weighted by Crippen LogP contribution is -2.48. The van der Waals surface area contributed by atoms with Crippen LogP contribution in [0.2, 0.25) is 5.02 Å². The van der Waals surface area contributed by atoms with Gasteiger partial charge in [-0.1, -0.05) is 11.6 Å². The molecular formula is C14H21ClN6O4S. The molecule has 10 nitrogen and oxygen atoms in total. The molecule has 2 amide bonds. The van der Waals surface area contributed by atoms with Crippen LogP contribution in [0.4, 0.5) is 10.5 Å². The lowest BCUT2D eigenvalue weighted by atomic mass is 10.2. The molecule has 0 saturated carbocycles. The second-order valence-electron chi connectivity index (χ2n) is 6.55. The van der Waals surface area contributed by atoms with Gasteiger partial charge in [0.05, 0.1) is 18.1 Å². The van der Waals surface area contributed by atoms with Crippen molar-refractivity contribution in [3.63, 3.8) is 0 Å². The predicted octanol–water partition coefficient (Wildman–Crippen LogP) is -0.665. The van der Waals surface area contributed by atoms with Crippen molar-refractivity contribution in [2.75, 3.05) is 37.3 Å². The zero-order valence-corrected chi connectivity index (χ0v) is 15.8. The number of nitrogens with zero attached hydrogens (tertiary/aromatic N) is 3. The third-order valence-corrected chi connectivity index (χ3v) is 6.23. The molecule has 2 unspecified atom stereocenters. The Hall–Kier alpha value is -1.85. The smallest absolute Gasteiger partial charge is 0.315 e. The fourth-order valence-electron chi connectivity index (χ4n) is 3.25. The molecule has 1 aromatic heterocycles. The van der Waals surface area contributed by atoms with Crippen LogP contribution in [-0.4, -0.2) is 73.5 Å². The number of anilines is 1. The second kappa shape index (κ2) is 7.41. The van der Waals surface area contributed by atoms with Crippen LogP contribution in [0, 0.1) is 0 Å². The normalized spacial score (nSPS) is 24.0. The van der Waals surface area contributed by atoms with E-state index in [1.54, 1.807) is 0 Å². The molecule has 0 bridgehead atoms. The first-order chi connectivity index (χ1) is 12.2. The molecule has 0 spiro atoms. The Morgan fingerprint density at radius 3 is 2.58 bits per heavy atom.